The molecule has 1 aromatic heterocycles. The van der Waals surface area contributed by atoms with Crippen molar-refractivity contribution in [1.29, 1.82) is 5.26 Å². The minimum atomic E-state index is 0.430. The lowest BCUT2D eigenvalue weighted by atomic mass is 10.2. The maximum absolute atomic E-state index is 9.12. The Bertz CT molecular complexity index is 691. The number of nitrogens with two attached hydrogens (primary N) is 1. The number of benzene rings is 1. The van der Waals surface area contributed by atoms with Crippen LogP contribution in [0.4, 0.5) is 17.3 Å². The highest BCUT2D eigenvalue weighted by Crippen LogP contribution is 2.26. The summed E-state index contributed by atoms with van der Waals surface area (Å²) in [5.41, 5.74) is 7.70. The molecule has 0 unspecified atom stereocenters. The van der Waals surface area contributed by atoms with E-state index < -0.39 is 0 Å². The minimum Gasteiger partial charge on any atom is -0.383 e. The van der Waals surface area contributed by atoms with Gasteiger partial charge in [-0.2, -0.15) is 5.26 Å². The van der Waals surface area contributed by atoms with Gasteiger partial charge in [-0.15, -0.1) is 0 Å². The fraction of sp³-hybridized carbons (Fsp3) is 0.214. The van der Waals surface area contributed by atoms with Crippen LogP contribution in [0.1, 0.15) is 23.9 Å². The number of rotatable bonds is 3. The molecule has 0 saturated carbocycles. The van der Waals surface area contributed by atoms with Gasteiger partial charge in [0, 0.05) is 17.0 Å². The summed E-state index contributed by atoms with van der Waals surface area (Å²) in [6.07, 6.45) is 0.680. The molecule has 5 nitrogen and oxygen atoms in total. The smallest absolute Gasteiger partial charge is 0.139 e. The van der Waals surface area contributed by atoms with E-state index in [1.807, 2.05) is 13.8 Å². The van der Waals surface area contributed by atoms with Crippen LogP contribution in [0.2, 0.25) is 5.02 Å². The number of hydrogen-bond donors (Lipinski definition) is 2. The molecule has 0 radical (unpaired) electrons. The molecule has 6 heteroatoms. The quantitative estimate of drug-likeness (QED) is 0.905. The zero-order valence-electron chi connectivity index (χ0n) is 11.2. The number of halogens is 1. The van der Waals surface area contributed by atoms with Crippen LogP contribution in [0.15, 0.2) is 18.2 Å². The van der Waals surface area contributed by atoms with Crippen LogP contribution >= 0.6 is 11.6 Å². The number of nitrogens with one attached hydrogen (secondary N) is 1. The number of anilines is 3. The number of aromatic nitrogens is 2. The van der Waals surface area contributed by atoms with E-state index in [1.165, 1.54) is 0 Å². The summed E-state index contributed by atoms with van der Waals surface area (Å²) in [5, 5.41) is 12.8. The van der Waals surface area contributed by atoms with E-state index in [0.29, 0.717) is 40.2 Å². The van der Waals surface area contributed by atoms with Crippen molar-refractivity contribution in [3.05, 3.63) is 40.2 Å². The van der Waals surface area contributed by atoms with Crippen LogP contribution in [0.5, 0.6) is 0 Å². The molecule has 0 aliphatic rings. The first kappa shape index (κ1) is 14.1. The molecular formula is C14H14ClN5. The van der Waals surface area contributed by atoms with Crippen molar-refractivity contribution in [1.82, 2.24) is 9.97 Å². The van der Waals surface area contributed by atoms with Crippen LogP contribution in [0, 0.1) is 18.3 Å². The van der Waals surface area contributed by atoms with Gasteiger partial charge in [-0.25, -0.2) is 9.97 Å². The highest BCUT2D eigenvalue weighted by molar-refractivity contribution is 6.30. The van der Waals surface area contributed by atoms with Gasteiger partial charge in [0.1, 0.15) is 23.5 Å². The van der Waals surface area contributed by atoms with E-state index in [2.05, 4.69) is 21.4 Å². The average Bonchev–Trinajstić information content (AvgIpc) is 2.44. The standard InChI is InChI=1S/C14H14ClN5/c1-3-12-19-13(17)8(2)14(20-12)18-11-6-10(15)5-4-9(11)7-16/h4-6H,3H2,1-2H3,(H3,17,18,19,20). The molecule has 0 amide bonds. The van der Waals surface area contributed by atoms with E-state index in [0.717, 1.165) is 5.56 Å². The Labute approximate surface area is 122 Å². The Morgan fingerprint density at radius 1 is 1.40 bits per heavy atom. The number of nitriles is 1. The second kappa shape index (κ2) is 5.76. The molecule has 1 heterocycles. The lowest BCUT2D eigenvalue weighted by molar-refractivity contribution is 0.940. The molecule has 2 aromatic rings. The summed E-state index contributed by atoms with van der Waals surface area (Å²) >= 11 is 5.96. The Kier molecular flexibility index (Phi) is 4.06. The van der Waals surface area contributed by atoms with E-state index >= 15 is 0 Å². The van der Waals surface area contributed by atoms with Gasteiger partial charge in [0.25, 0.3) is 0 Å². The van der Waals surface area contributed by atoms with E-state index in [4.69, 9.17) is 22.6 Å². The summed E-state index contributed by atoms with van der Waals surface area (Å²) in [7, 11) is 0. The van der Waals surface area contributed by atoms with Gasteiger partial charge in [0.05, 0.1) is 11.3 Å². The summed E-state index contributed by atoms with van der Waals surface area (Å²) in [5.74, 6) is 1.67. The number of nitrogens with zero attached hydrogens (tertiary/aromatic N) is 3. The van der Waals surface area contributed by atoms with E-state index in [-0.39, 0.29) is 0 Å². The highest BCUT2D eigenvalue weighted by Gasteiger charge is 2.10. The second-order valence-electron chi connectivity index (χ2n) is 4.28. The lowest BCUT2D eigenvalue weighted by Crippen LogP contribution is -2.07. The number of nitrogen functional groups attached to an aromatic ring is 1. The molecule has 3 N–H and O–H groups in total. The Morgan fingerprint density at radius 2 is 2.15 bits per heavy atom. The average molecular weight is 288 g/mol. The van der Waals surface area contributed by atoms with Gasteiger partial charge < -0.3 is 11.1 Å². The first-order valence-corrected chi connectivity index (χ1v) is 6.52. The number of aryl methyl sites for hydroxylation is 1. The fourth-order valence-corrected chi connectivity index (χ4v) is 1.88. The van der Waals surface area contributed by atoms with Crippen molar-refractivity contribution in [3.63, 3.8) is 0 Å². The van der Waals surface area contributed by atoms with Crippen LogP contribution in [-0.4, -0.2) is 9.97 Å². The number of hydrogen-bond acceptors (Lipinski definition) is 5. The molecule has 0 saturated heterocycles. The van der Waals surface area contributed by atoms with Crippen molar-refractivity contribution < 1.29 is 0 Å². The zero-order chi connectivity index (χ0) is 14.7. The van der Waals surface area contributed by atoms with Gasteiger partial charge in [-0.05, 0) is 25.1 Å². The highest BCUT2D eigenvalue weighted by atomic mass is 35.5. The molecule has 0 bridgehead atoms. The minimum absolute atomic E-state index is 0.430. The van der Waals surface area contributed by atoms with Crippen molar-refractivity contribution in [3.8, 4) is 6.07 Å². The van der Waals surface area contributed by atoms with Gasteiger partial charge in [-0.3, -0.25) is 0 Å². The van der Waals surface area contributed by atoms with Crippen molar-refractivity contribution in [2.24, 2.45) is 0 Å². The third-order valence-electron chi connectivity index (χ3n) is 2.90. The third-order valence-corrected chi connectivity index (χ3v) is 3.14. The van der Waals surface area contributed by atoms with Crippen molar-refractivity contribution in [2.75, 3.05) is 11.1 Å². The Hall–Kier alpha value is -2.32. The third kappa shape index (κ3) is 2.81. The zero-order valence-corrected chi connectivity index (χ0v) is 12.0. The summed E-state index contributed by atoms with van der Waals surface area (Å²) in [4.78, 5) is 8.59. The molecule has 0 atom stereocenters. The van der Waals surface area contributed by atoms with Crippen LogP contribution in [0.25, 0.3) is 0 Å². The summed E-state index contributed by atoms with van der Waals surface area (Å²) in [6, 6.07) is 7.12. The first-order valence-electron chi connectivity index (χ1n) is 6.14. The molecule has 102 valence electrons. The topological polar surface area (TPSA) is 87.6 Å². The van der Waals surface area contributed by atoms with Crippen LogP contribution in [0.3, 0.4) is 0 Å². The van der Waals surface area contributed by atoms with Crippen LogP contribution in [-0.2, 0) is 6.42 Å². The van der Waals surface area contributed by atoms with Crippen LogP contribution < -0.4 is 11.1 Å². The predicted molar refractivity (Wildman–Crippen MR) is 80.0 cm³/mol. The molecule has 0 spiro atoms. The molecule has 20 heavy (non-hydrogen) atoms. The SMILES string of the molecule is CCc1nc(N)c(C)c(Nc2cc(Cl)ccc2C#N)n1. The van der Waals surface area contributed by atoms with Crippen molar-refractivity contribution >= 4 is 28.9 Å². The maximum Gasteiger partial charge on any atom is 0.139 e. The van der Waals surface area contributed by atoms with E-state index in [1.54, 1.807) is 18.2 Å². The summed E-state index contributed by atoms with van der Waals surface area (Å²) in [6.45, 7) is 3.78. The largest absolute Gasteiger partial charge is 0.383 e. The van der Waals surface area contributed by atoms with Gasteiger partial charge >= 0.3 is 0 Å². The van der Waals surface area contributed by atoms with Gasteiger partial charge in [-0.1, -0.05) is 18.5 Å². The normalized spacial score (nSPS) is 10.1. The molecule has 0 aliphatic heterocycles. The Morgan fingerprint density at radius 3 is 2.80 bits per heavy atom. The molecule has 1 aromatic carbocycles. The first-order chi connectivity index (χ1) is 9.55. The predicted octanol–water partition coefficient (Wildman–Crippen LogP) is 3.20. The van der Waals surface area contributed by atoms with Gasteiger partial charge in [0.15, 0.2) is 0 Å². The summed E-state index contributed by atoms with van der Waals surface area (Å²) < 4.78 is 0. The monoisotopic (exact) mass is 287 g/mol. The fourth-order valence-electron chi connectivity index (χ4n) is 1.71. The van der Waals surface area contributed by atoms with Gasteiger partial charge in [0.2, 0.25) is 0 Å². The lowest BCUT2D eigenvalue weighted by Gasteiger charge is -2.12. The molecule has 2 rings (SSSR count). The van der Waals surface area contributed by atoms with Crippen molar-refractivity contribution in [2.45, 2.75) is 20.3 Å². The molecule has 0 fully saturated rings. The second-order valence-corrected chi connectivity index (χ2v) is 4.72. The Balaban J connectivity index is 2.47. The molecule has 0 aliphatic carbocycles. The molecular weight excluding hydrogens is 274 g/mol. The maximum atomic E-state index is 9.12. The van der Waals surface area contributed by atoms with E-state index in [9.17, 15) is 0 Å².